The van der Waals surface area contributed by atoms with Crippen LogP contribution in [0.3, 0.4) is 0 Å². The Kier molecular flexibility index (Phi) is 5.86. The molecule has 29 heavy (non-hydrogen) atoms. The zero-order valence-corrected chi connectivity index (χ0v) is 19.8. The van der Waals surface area contributed by atoms with E-state index in [4.69, 9.17) is 0 Å². The van der Waals surface area contributed by atoms with Crippen LogP contribution < -0.4 is 0 Å². The van der Waals surface area contributed by atoms with E-state index in [0.29, 0.717) is 16.7 Å². The van der Waals surface area contributed by atoms with Gasteiger partial charge in [-0.05, 0) is 117 Å². The van der Waals surface area contributed by atoms with Crippen LogP contribution >= 0.6 is 0 Å². The molecule has 3 fully saturated rings. The molecule has 1 N–H and O–H groups in total. The summed E-state index contributed by atoms with van der Waals surface area (Å²) < 4.78 is 0. The quantitative estimate of drug-likeness (QED) is 0.474. The van der Waals surface area contributed by atoms with E-state index in [0.717, 1.165) is 42.4 Å². The molecular weight excluding hydrogens is 352 g/mol. The average Bonchev–Trinajstić information content (AvgIpc) is 3.03. The summed E-state index contributed by atoms with van der Waals surface area (Å²) in [6.45, 7) is 16.5. The smallest absolute Gasteiger partial charge is 0.0577 e. The first-order valence-corrected chi connectivity index (χ1v) is 12.7. The average molecular weight is 399 g/mol. The SMILES string of the molecule is C=C(C)[C@@H](C)CC[C@@H](C)[C@H]1CC[C@H]2[C@@H]3CC=C4C[C@@H](O)CC[C@]4(C)[C@H]3CC[C@]12C. The van der Waals surface area contributed by atoms with Crippen molar-refractivity contribution in [3.63, 3.8) is 0 Å². The predicted molar refractivity (Wildman–Crippen MR) is 124 cm³/mol. The Morgan fingerprint density at radius 3 is 2.59 bits per heavy atom. The molecule has 0 unspecified atom stereocenters. The third-order valence-corrected chi connectivity index (χ3v) is 10.7. The van der Waals surface area contributed by atoms with Gasteiger partial charge in [0.15, 0.2) is 0 Å². The Hall–Kier alpha value is -0.560. The van der Waals surface area contributed by atoms with Crippen molar-refractivity contribution in [1.82, 2.24) is 0 Å². The highest BCUT2D eigenvalue weighted by atomic mass is 16.3. The Balaban J connectivity index is 1.49. The Morgan fingerprint density at radius 2 is 1.86 bits per heavy atom. The Labute approximate surface area is 180 Å². The lowest BCUT2D eigenvalue weighted by Gasteiger charge is -2.58. The number of hydrogen-bond donors (Lipinski definition) is 1. The van der Waals surface area contributed by atoms with Gasteiger partial charge in [0, 0.05) is 0 Å². The summed E-state index contributed by atoms with van der Waals surface area (Å²) >= 11 is 0. The molecule has 0 aromatic heterocycles. The lowest BCUT2D eigenvalue weighted by Crippen LogP contribution is -2.50. The minimum absolute atomic E-state index is 0.0852. The molecule has 0 aliphatic heterocycles. The molecule has 4 aliphatic rings. The Bertz CT molecular complexity index is 661. The first-order valence-electron chi connectivity index (χ1n) is 12.7. The van der Waals surface area contributed by atoms with Crippen molar-refractivity contribution >= 4 is 0 Å². The van der Waals surface area contributed by atoms with E-state index in [1.807, 2.05) is 0 Å². The molecule has 0 heterocycles. The van der Waals surface area contributed by atoms with Crippen LogP contribution in [0.1, 0.15) is 98.8 Å². The summed E-state index contributed by atoms with van der Waals surface area (Å²) in [6, 6.07) is 0. The molecule has 4 rings (SSSR count). The molecule has 0 radical (unpaired) electrons. The van der Waals surface area contributed by atoms with E-state index in [2.05, 4.69) is 47.3 Å². The van der Waals surface area contributed by atoms with Crippen molar-refractivity contribution in [3.05, 3.63) is 23.8 Å². The van der Waals surface area contributed by atoms with Gasteiger partial charge >= 0.3 is 0 Å². The molecule has 3 saturated carbocycles. The zero-order valence-electron chi connectivity index (χ0n) is 19.8. The summed E-state index contributed by atoms with van der Waals surface area (Å²) in [7, 11) is 0. The maximum Gasteiger partial charge on any atom is 0.0577 e. The molecule has 164 valence electrons. The number of hydrogen-bond acceptors (Lipinski definition) is 1. The lowest BCUT2D eigenvalue weighted by atomic mass is 9.47. The standard InChI is InChI=1S/C28H46O/c1-18(2)19(3)7-8-20(4)24-11-12-25-23-10-9-21-17-22(29)13-15-27(21,5)26(23)14-16-28(24,25)6/h9,19-20,22-26,29H,1,7-8,10-17H2,2-6H3/t19-,20+,22-,23-,24+,25-,26-,27-,28+/m0/s1. The topological polar surface area (TPSA) is 20.2 Å². The maximum atomic E-state index is 10.2. The van der Waals surface area contributed by atoms with E-state index in [-0.39, 0.29) is 6.10 Å². The predicted octanol–water partition coefficient (Wildman–Crippen LogP) is 7.55. The molecule has 4 aliphatic carbocycles. The first-order chi connectivity index (χ1) is 13.7. The third-order valence-electron chi connectivity index (χ3n) is 10.7. The van der Waals surface area contributed by atoms with Gasteiger partial charge in [-0.25, -0.2) is 0 Å². The summed E-state index contributed by atoms with van der Waals surface area (Å²) in [6.07, 6.45) is 15.4. The van der Waals surface area contributed by atoms with E-state index in [9.17, 15) is 5.11 Å². The van der Waals surface area contributed by atoms with Crippen LogP contribution in [0, 0.1) is 46.3 Å². The highest BCUT2D eigenvalue weighted by Crippen LogP contribution is 2.67. The normalized spacial score (nSPS) is 46.1. The Morgan fingerprint density at radius 1 is 1.10 bits per heavy atom. The van der Waals surface area contributed by atoms with Crippen LogP contribution in [0.15, 0.2) is 23.8 Å². The van der Waals surface area contributed by atoms with E-state index < -0.39 is 0 Å². The van der Waals surface area contributed by atoms with Gasteiger partial charge in [-0.1, -0.05) is 51.5 Å². The fourth-order valence-corrected chi connectivity index (χ4v) is 8.58. The first kappa shape index (κ1) is 21.7. The second-order valence-corrected chi connectivity index (χ2v) is 12.2. The van der Waals surface area contributed by atoms with Gasteiger partial charge in [0.05, 0.1) is 6.10 Å². The van der Waals surface area contributed by atoms with Crippen LogP contribution in [-0.2, 0) is 0 Å². The van der Waals surface area contributed by atoms with Crippen molar-refractivity contribution in [3.8, 4) is 0 Å². The monoisotopic (exact) mass is 398 g/mol. The second kappa shape index (κ2) is 7.85. The van der Waals surface area contributed by atoms with Crippen molar-refractivity contribution in [2.45, 2.75) is 105 Å². The van der Waals surface area contributed by atoms with Crippen molar-refractivity contribution in [2.75, 3.05) is 0 Å². The van der Waals surface area contributed by atoms with Crippen LogP contribution in [-0.4, -0.2) is 11.2 Å². The summed E-state index contributed by atoms with van der Waals surface area (Å²) in [5, 5.41) is 10.2. The van der Waals surface area contributed by atoms with E-state index >= 15 is 0 Å². The van der Waals surface area contributed by atoms with Gasteiger partial charge in [0.2, 0.25) is 0 Å². The molecule has 0 spiro atoms. The molecule has 0 bridgehead atoms. The summed E-state index contributed by atoms with van der Waals surface area (Å²) in [4.78, 5) is 0. The van der Waals surface area contributed by atoms with Gasteiger partial charge in [0.25, 0.3) is 0 Å². The van der Waals surface area contributed by atoms with Crippen molar-refractivity contribution in [1.29, 1.82) is 0 Å². The molecule has 0 aromatic carbocycles. The number of aliphatic hydroxyl groups is 1. The highest BCUT2D eigenvalue weighted by Gasteiger charge is 2.59. The molecule has 0 amide bonds. The van der Waals surface area contributed by atoms with Crippen LogP contribution in [0.2, 0.25) is 0 Å². The fraction of sp³-hybridized carbons (Fsp3) is 0.857. The number of aliphatic hydroxyl groups excluding tert-OH is 1. The molecule has 0 saturated heterocycles. The highest BCUT2D eigenvalue weighted by molar-refractivity contribution is 5.25. The van der Waals surface area contributed by atoms with Gasteiger partial charge in [-0.2, -0.15) is 0 Å². The van der Waals surface area contributed by atoms with Crippen molar-refractivity contribution in [2.24, 2.45) is 46.3 Å². The number of allylic oxidation sites excluding steroid dienone is 2. The van der Waals surface area contributed by atoms with E-state index in [1.165, 1.54) is 56.9 Å². The van der Waals surface area contributed by atoms with E-state index in [1.54, 1.807) is 5.57 Å². The van der Waals surface area contributed by atoms with Crippen LogP contribution in [0.4, 0.5) is 0 Å². The second-order valence-electron chi connectivity index (χ2n) is 12.2. The van der Waals surface area contributed by atoms with Gasteiger partial charge in [-0.3, -0.25) is 0 Å². The maximum absolute atomic E-state index is 10.2. The minimum atomic E-state index is -0.0852. The number of fused-ring (bicyclic) bond motifs is 5. The summed E-state index contributed by atoms with van der Waals surface area (Å²) in [5.41, 5.74) is 3.90. The summed E-state index contributed by atoms with van der Waals surface area (Å²) in [5.74, 6) is 5.11. The molecule has 0 aromatic rings. The third kappa shape index (κ3) is 3.58. The fourth-order valence-electron chi connectivity index (χ4n) is 8.58. The molecule has 9 atom stereocenters. The van der Waals surface area contributed by atoms with Gasteiger partial charge in [0.1, 0.15) is 0 Å². The number of rotatable bonds is 5. The van der Waals surface area contributed by atoms with Crippen LogP contribution in [0.5, 0.6) is 0 Å². The molecular formula is C28H46O. The minimum Gasteiger partial charge on any atom is -0.393 e. The van der Waals surface area contributed by atoms with Crippen LogP contribution in [0.25, 0.3) is 0 Å². The lowest BCUT2D eigenvalue weighted by molar-refractivity contribution is -0.0573. The van der Waals surface area contributed by atoms with Gasteiger partial charge in [-0.15, -0.1) is 0 Å². The zero-order chi connectivity index (χ0) is 21.0. The van der Waals surface area contributed by atoms with Gasteiger partial charge < -0.3 is 5.11 Å². The largest absolute Gasteiger partial charge is 0.393 e. The van der Waals surface area contributed by atoms with Crippen molar-refractivity contribution < 1.29 is 5.11 Å². The molecule has 1 nitrogen and oxygen atoms in total. The molecule has 1 heteroatoms.